The van der Waals surface area contributed by atoms with Crippen molar-refractivity contribution in [2.45, 2.75) is 0 Å². The lowest BCUT2D eigenvalue weighted by Crippen LogP contribution is -2.03. The minimum Gasteiger partial charge on any atom is -0.308 e. The van der Waals surface area contributed by atoms with E-state index in [4.69, 9.17) is 29.9 Å². The molecule has 0 spiro atoms. The van der Waals surface area contributed by atoms with Crippen molar-refractivity contribution in [1.29, 1.82) is 0 Å². The molecule has 0 saturated heterocycles. The molecule has 0 atom stereocenters. The van der Waals surface area contributed by atoms with Gasteiger partial charge < -0.3 is 13.2 Å². The molecule has 23 aromatic carbocycles. The minimum absolute atomic E-state index is 0.671. The molecular weight excluding hydrogens is 1780 g/mol. The van der Waals surface area contributed by atoms with Gasteiger partial charge in [0.15, 0.2) is 0 Å². The van der Waals surface area contributed by atoms with Gasteiger partial charge in [0.05, 0.1) is 116 Å². The van der Waals surface area contributed by atoms with Crippen LogP contribution < -0.4 is 0 Å². The summed E-state index contributed by atoms with van der Waals surface area (Å²) in [5.74, 6) is 2.02. The van der Waals surface area contributed by atoms with Crippen LogP contribution in [0.25, 0.3) is 318 Å². The summed E-state index contributed by atoms with van der Waals surface area (Å²) in [4.78, 5) is 32.1. The molecule has 0 fully saturated rings. The summed E-state index contributed by atoms with van der Waals surface area (Å²) < 4.78 is 14.3. The zero-order chi connectivity index (χ0) is 94.9. The molecule has 12 nitrogen and oxygen atoms in total. The van der Waals surface area contributed by atoms with E-state index in [2.05, 4.69) is 482 Å². The van der Waals surface area contributed by atoms with Crippen molar-refractivity contribution < 1.29 is 0 Å². The smallest absolute Gasteiger partial charge is 0.235 e. The third kappa shape index (κ3) is 11.0. The summed E-state index contributed by atoms with van der Waals surface area (Å²) in [6, 6.07) is 166. The first-order valence-corrected chi connectivity index (χ1v) is 49.9. The molecular formula is C134H76N12. The van der Waals surface area contributed by atoms with Gasteiger partial charge in [0.2, 0.25) is 17.8 Å². The summed E-state index contributed by atoms with van der Waals surface area (Å²) in [6.45, 7) is 0. The Morgan fingerprint density at radius 2 is 0.418 bits per heavy atom. The molecule has 12 aromatic heterocycles. The van der Waals surface area contributed by atoms with Crippen LogP contribution in [0.5, 0.6) is 0 Å². The Bertz CT molecular complexity index is 11900. The van der Waals surface area contributed by atoms with Crippen molar-refractivity contribution in [3.63, 3.8) is 0 Å². The van der Waals surface area contributed by atoms with Gasteiger partial charge in [-0.2, -0.15) is 0 Å². The van der Waals surface area contributed by atoms with Gasteiger partial charge in [0.1, 0.15) is 0 Å². The van der Waals surface area contributed by atoms with Crippen LogP contribution in [0.15, 0.2) is 461 Å². The van der Waals surface area contributed by atoms with Crippen LogP contribution in [0.4, 0.5) is 0 Å². The van der Waals surface area contributed by atoms with E-state index in [0.29, 0.717) is 17.8 Å². The van der Waals surface area contributed by atoms with Crippen LogP contribution in [0.1, 0.15) is 0 Å². The van der Waals surface area contributed by atoms with Gasteiger partial charge in [-0.05, 0) is 169 Å². The zero-order valence-corrected chi connectivity index (χ0v) is 78.2. The molecule has 0 N–H and O–H groups in total. The molecule has 0 aliphatic carbocycles. The van der Waals surface area contributed by atoms with Crippen LogP contribution >= 0.6 is 0 Å². The quantitative estimate of drug-likeness (QED) is 0.164. The monoisotopic (exact) mass is 1850 g/mol. The molecule has 0 bridgehead atoms. The molecule has 0 saturated carbocycles. The van der Waals surface area contributed by atoms with E-state index in [0.717, 1.165) is 99.6 Å². The molecule has 146 heavy (non-hydrogen) atoms. The lowest BCUT2D eigenvalue weighted by atomic mass is 9.99. The number of para-hydroxylation sites is 9. The third-order valence-electron chi connectivity index (χ3n) is 31.4. The van der Waals surface area contributed by atoms with Crippen LogP contribution in [0, 0.1) is 0 Å². The summed E-state index contributed by atoms with van der Waals surface area (Å²) in [5, 5.41) is 37.8. The average Bonchev–Trinajstić information content (AvgIpc) is 1.52. The topological polar surface area (TPSA) is 105 Å². The fourth-order valence-corrected chi connectivity index (χ4v) is 25.2. The maximum atomic E-state index is 5.49. The van der Waals surface area contributed by atoms with Gasteiger partial charge in [0.25, 0.3) is 0 Å². The first-order valence-electron chi connectivity index (χ1n) is 49.9. The number of hydrogen-bond donors (Lipinski definition) is 0. The van der Waals surface area contributed by atoms with E-state index in [1.165, 1.54) is 200 Å². The van der Waals surface area contributed by atoms with Crippen molar-refractivity contribution in [1.82, 2.24) is 56.8 Å². The van der Waals surface area contributed by atoms with Crippen LogP contribution in [-0.4, -0.2) is 56.8 Å². The Kier molecular flexibility index (Phi) is 16.2. The molecule has 0 aliphatic heterocycles. The predicted molar refractivity (Wildman–Crippen MR) is 609 cm³/mol. The maximum Gasteiger partial charge on any atom is 0.235 e. The second-order valence-electron chi connectivity index (χ2n) is 39.0. The molecule has 0 amide bonds. The Morgan fingerprint density at radius 1 is 0.137 bits per heavy atom. The van der Waals surface area contributed by atoms with Gasteiger partial charge in [-0.1, -0.05) is 346 Å². The predicted octanol–water partition coefficient (Wildman–Crippen LogP) is 34.4. The second kappa shape index (κ2) is 29.9. The highest BCUT2D eigenvalue weighted by Crippen LogP contribution is 2.53. The van der Waals surface area contributed by atoms with Crippen LogP contribution in [-0.2, 0) is 0 Å². The number of rotatable bonds is 6. The summed E-state index contributed by atoms with van der Waals surface area (Å²) >= 11 is 0. The van der Waals surface area contributed by atoms with E-state index in [9.17, 15) is 0 Å². The Balaban J connectivity index is 0.0000000958. The summed E-state index contributed by atoms with van der Waals surface area (Å²) in [6.07, 6.45) is 0. The standard InChI is InChI=1S/2C46H26N4.C42H24N4/c1-2-14-29-25-40-35(24-28(29)13-1)36-26-41-42(43-34-19-7-9-22-38(34)49(40)45(36)43)33-18-6-10-23-39(33)50(41)46-47-37-21-8-5-17-32(37)44(48-46)31-20-11-15-27-12-3-4-16-30(27)31;1-2-12-28-23-31(22-21-27(28)11-1)44-32-15-5-8-18-37(32)47-46(48-44)50-39-20-10-6-16-33(39)42-41(50)26-36-35-24-29-13-3-4-14-30(29)25-40(35)49-38-19-9-7-17-34(38)43(42)45(36)49;1-2-12-25(13-3-1)40-28-16-6-9-19-33(28)43-42(44-40)46-35-21-11-7-17-29(35)38-37(46)24-32-31-22-26-14-4-5-15-27(26)23-36(31)45-34-20-10-8-18-30(34)39(38)41(32)45/h2*1-26H;1-24H. The molecule has 12 heterocycles. The first kappa shape index (κ1) is 79.0. The van der Waals surface area contributed by atoms with E-state index < -0.39 is 0 Å². The molecule has 0 aliphatic rings. The maximum absolute atomic E-state index is 5.49. The van der Waals surface area contributed by atoms with Crippen molar-refractivity contribution in [2.75, 3.05) is 0 Å². The Hall–Kier alpha value is -19.8. The highest BCUT2D eigenvalue weighted by molar-refractivity contribution is 6.40. The molecule has 672 valence electrons. The fraction of sp³-hybridized carbons (Fsp3) is 0. The largest absolute Gasteiger partial charge is 0.308 e. The molecule has 0 unspecified atom stereocenters. The average molecular weight is 1850 g/mol. The Labute approximate surface area is 829 Å². The molecule has 0 radical (unpaired) electrons. The van der Waals surface area contributed by atoms with E-state index >= 15 is 0 Å². The van der Waals surface area contributed by atoms with Gasteiger partial charge >= 0.3 is 0 Å². The normalized spacial score (nSPS) is 12.4. The highest BCUT2D eigenvalue weighted by Gasteiger charge is 2.32. The number of hydrogen-bond acceptors (Lipinski definition) is 6. The first-order chi connectivity index (χ1) is 72.4. The van der Waals surface area contributed by atoms with Crippen molar-refractivity contribution in [3.8, 4) is 51.6 Å². The van der Waals surface area contributed by atoms with Gasteiger partial charge in [0, 0.05) is 130 Å². The van der Waals surface area contributed by atoms with Crippen LogP contribution in [0.2, 0.25) is 0 Å². The number of nitrogens with zero attached hydrogens (tertiary/aromatic N) is 12. The summed E-state index contributed by atoms with van der Waals surface area (Å²) in [5.41, 5.74) is 26.6. The molecule has 12 heteroatoms. The van der Waals surface area contributed by atoms with E-state index in [1.54, 1.807) is 0 Å². The second-order valence-corrected chi connectivity index (χ2v) is 39.0. The molecule has 35 rings (SSSR count). The fourth-order valence-electron chi connectivity index (χ4n) is 25.2. The van der Waals surface area contributed by atoms with Gasteiger partial charge in [-0.3, -0.25) is 13.7 Å². The number of aromatic nitrogens is 12. The lowest BCUT2D eigenvalue weighted by molar-refractivity contribution is 1.01. The number of benzene rings is 23. The highest BCUT2D eigenvalue weighted by atomic mass is 15.2. The van der Waals surface area contributed by atoms with E-state index in [-0.39, 0.29) is 0 Å². The Morgan fingerprint density at radius 3 is 0.808 bits per heavy atom. The van der Waals surface area contributed by atoms with E-state index in [1.807, 2.05) is 6.07 Å². The van der Waals surface area contributed by atoms with Gasteiger partial charge in [-0.25, -0.2) is 29.9 Å². The van der Waals surface area contributed by atoms with Crippen LogP contribution in [0.3, 0.4) is 0 Å². The number of fused-ring (bicyclic) bond motifs is 38. The van der Waals surface area contributed by atoms with Crippen molar-refractivity contribution in [2.24, 2.45) is 0 Å². The SMILES string of the molecule is c1ccc(-c2nc(-n3c4ccccc4c4c5c6ccccc6n6c7cc8ccccc8cc7c(cc43)c56)nc3ccccc23)cc1.c1ccc2cc(-c3nc(-n4c5ccccc5c5c6c7ccccc7n7c8cc9ccccc9cc8c(cc54)c67)nc4ccccc34)ccc2c1.c1ccc2cc3c(cc2c1)c1cc2c(c4ccccc4n2-c2nc(-c4cccc5ccccc45)c4ccccc4n2)c2c4ccccc4n3c12. The van der Waals surface area contributed by atoms with Crippen molar-refractivity contribution in [3.05, 3.63) is 461 Å². The van der Waals surface area contributed by atoms with Crippen molar-refractivity contribution >= 4 is 266 Å². The van der Waals surface area contributed by atoms with Gasteiger partial charge in [-0.15, -0.1) is 0 Å². The minimum atomic E-state index is 0.671. The summed E-state index contributed by atoms with van der Waals surface area (Å²) in [7, 11) is 0. The zero-order valence-electron chi connectivity index (χ0n) is 78.2. The third-order valence-corrected chi connectivity index (χ3v) is 31.4. The molecule has 35 aromatic rings. The lowest BCUT2D eigenvalue weighted by Gasteiger charge is -2.13.